The van der Waals surface area contributed by atoms with E-state index >= 15 is 0 Å². The Morgan fingerprint density at radius 1 is 1.40 bits per heavy atom. The van der Waals surface area contributed by atoms with Gasteiger partial charge in [-0.05, 0) is 24.5 Å². The summed E-state index contributed by atoms with van der Waals surface area (Å²) in [5.41, 5.74) is 1.10. The Kier molecular flexibility index (Phi) is 4.27. The van der Waals surface area contributed by atoms with Crippen molar-refractivity contribution in [3.63, 3.8) is 0 Å². The zero-order chi connectivity index (χ0) is 14.7. The van der Waals surface area contributed by atoms with Gasteiger partial charge in [0, 0.05) is 12.0 Å². The Morgan fingerprint density at radius 2 is 2.15 bits per heavy atom. The first-order valence-electron chi connectivity index (χ1n) is 6.56. The number of nitrogens with zero attached hydrogens (tertiary/aromatic N) is 2. The van der Waals surface area contributed by atoms with Crippen molar-refractivity contribution in [1.82, 2.24) is 10.1 Å². The molecule has 2 aromatic rings. The summed E-state index contributed by atoms with van der Waals surface area (Å²) < 4.78 is 18.5. The van der Waals surface area contributed by atoms with Gasteiger partial charge in [-0.15, -0.1) is 0 Å². The van der Waals surface area contributed by atoms with Gasteiger partial charge in [0.2, 0.25) is 11.7 Å². The molecule has 0 atom stereocenters. The molecule has 0 aliphatic carbocycles. The van der Waals surface area contributed by atoms with Gasteiger partial charge in [-0.3, -0.25) is 4.79 Å². The predicted octanol–water partition coefficient (Wildman–Crippen LogP) is 3.34. The van der Waals surface area contributed by atoms with Crippen molar-refractivity contribution in [3.05, 3.63) is 35.5 Å². The number of carbonyl (C=O) groups is 1. The summed E-state index contributed by atoms with van der Waals surface area (Å²) in [5, 5.41) is 3.78. The van der Waals surface area contributed by atoms with Gasteiger partial charge < -0.3 is 4.52 Å². The van der Waals surface area contributed by atoms with E-state index in [-0.39, 0.29) is 23.9 Å². The van der Waals surface area contributed by atoms with Crippen LogP contribution in [-0.2, 0) is 11.2 Å². The Bertz CT molecular complexity index is 620. The minimum absolute atomic E-state index is 0.0605. The highest BCUT2D eigenvalue weighted by atomic mass is 19.1. The molecule has 0 saturated heterocycles. The molecule has 106 valence electrons. The molecule has 0 bridgehead atoms. The van der Waals surface area contributed by atoms with Gasteiger partial charge in [0.05, 0.1) is 6.42 Å². The molecule has 2 rings (SSSR count). The fourth-order valence-corrected chi connectivity index (χ4v) is 1.87. The largest absolute Gasteiger partial charge is 0.339 e. The molecule has 20 heavy (non-hydrogen) atoms. The van der Waals surface area contributed by atoms with Crippen LogP contribution in [0.5, 0.6) is 0 Å². The number of benzene rings is 1. The summed E-state index contributed by atoms with van der Waals surface area (Å²) in [7, 11) is 0. The normalized spacial score (nSPS) is 11.1. The average Bonchev–Trinajstić information content (AvgIpc) is 2.80. The molecule has 0 saturated carbocycles. The fraction of sp³-hybridized carbons (Fsp3) is 0.400. The van der Waals surface area contributed by atoms with Crippen molar-refractivity contribution < 1.29 is 13.7 Å². The first-order chi connectivity index (χ1) is 9.45. The van der Waals surface area contributed by atoms with Crippen molar-refractivity contribution in [2.75, 3.05) is 0 Å². The lowest BCUT2D eigenvalue weighted by atomic mass is 10.1. The summed E-state index contributed by atoms with van der Waals surface area (Å²) in [5.74, 6) is 0.619. The third-order valence-corrected chi connectivity index (χ3v) is 2.88. The number of aromatic nitrogens is 2. The molecule has 5 heteroatoms. The number of hydrogen-bond acceptors (Lipinski definition) is 4. The standard InChI is InChI=1S/C15H17FN2O2/c1-9(2)6-12(19)8-14-17-15(18-20-14)11-5-4-10(3)13(16)7-11/h4-5,7,9H,6,8H2,1-3H3. The highest BCUT2D eigenvalue weighted by molar-refractivity contribution is 5.80. The maximum atomic E-state index is 13.5. The first kappa shape index (κ1) is 14.4. The van der Waals surface area contributed by atoms with Gasteiger partial charge in [-0.2, -0.15) is 4.98 Å². The van der Waals surface area contributed by atoms with Gasteiger partial charge >= 0.3 is 0 Å². The lowest BCUT2D eigenvalue weighted by Gasteiger charge is -2.00. The second-order valence-corrected chi connectivity index (χ2v) is 5.29. The highest BCUT2D eigenvalue weighted by Gasteiger charge is 2.14. The Morgan fingerprint density at radius 3 is 2.80 bits per heavy atom. The number of halogens is 1. The van der Waals surface area contributed by atoms with Crippen molar-refractivity contribution in [3.8, 4) is 11.4 Å². The van der Waals surface area contributed by atoms with E-state index in [2.05, 4.69) is 10.1 Å². The van der Waals surface area contributed by atoms with E-state index in [0.717, 1.165) is 0 Å². The van der Waals surface area contributed by atoms with Crippen LogP contribution in [0.4, 0.5) is 4.39 Å². The average molecular weight is 276 g/mol. The monoisotopic (exact) mass is 276 g/mol. The zero-order valence-corrected chi connectivity index (χ0v) is 11.8. The maximum absolute atomic E-state index is 13.5. The molecule has 1 aromatic heterocycles. The Balaban J connectivity index is 2.12. The molecule has 1 aromatic carbocycles. The molecule has 0 unspecified atom stereocenters. The van der Waals surface area contributed by atoms with Crippen LogP contribution >= 0.6 is 0 Å². The Labute approximate surface area is 117 Å². The van der Waals surface area contributed by atoms with E-state index in [4.69, 9.17) is 4.52 Å². The van der Waals surface area contributed by atoms with Crippen LogP contribution in [0.3, 0.4) is 0 Å². The summed E-state index contributed by atoms with van der Waals surface area (Å²) in [6.07, 6.45) is 0.608. The first-order valence-corrected chi connectivity index (χ1v) is 6.56. The van der Waals surface area contributed by atoms with Crippen molar-refractivity contribution in [2.24, 2.45) is 5.92 Å². The number of rotatable bonds is 5. The minimum atomic E-state index is -0.315. The van der Waals surface area contributed by atoms with Gasteiger partial charge in [0.25, 0.3) is 0 Å². The second kappa shape index (κ2) is 5.94. The van der Waals surface area contributed by atoms with Gasteiger partial charge in [0.1, 0.15) is 11.6 Å². The summed E-state index contributed by atoms with van der Waals surface area (Å²) in [6, 6.07) is 4.74. The topological polar surface area (TPSA) is 56.0 Å². The van der Waals surface area contributed by atoms with E-state index in [9.17, 15) is 9.18 Å². The molecule has 0 N–H and O–H groups in total. The predicted molar refractivity (Wildman–Crippen MR) is 72.6 cm³/mol. The van der Waals surface area contributed by atoms with E-state index in [1.54, 1.807) is 19.1 Å². The van der Waals surface area contributed by atoms with E-state index in [1.807, 2.05) is 13.8 Å². The number of carbonyl (C=O) groups excluding carboxylic acids is 1. The molecule has 0 fully saturated rings. The molecule has 0 aliphatic rings. The number of aryl methyl sites for hydroxylation is 1. The molecule has 0 aliphatic heterocycles. The van der Waals surface area contributed by atoms with Gasteiger partial charge in [0.15, 0.2) is 0 Å². The highest BCUT2D eigenvalue weighted by Crippen LogP contribution is 2.19. The van der Waals surface area contributed by atoms with Crippen LogP contribution in [0.1, 0.15) is 31.7 Å². The number of hydrogen-bond donors (Lipinski definition) is 0. The Hall–Kier alpha value is -2.04. The van der Waals surface area contributed by atoms with Crippen LogP contribution in [-0.4, -0.2) is 15.9 Å². The quantitative estimate of drug-likeness (QED) is 0.840. The lowest BCUT2D eigenvalue weighted by molar-refractivity contribution is -0.119. The number of ketones is 1. The molecule has 1 heterocycles. The fourth-order valence-electron chi connectivity index (χ4n) is 1.87. The number of Topliss-reactive ketones (excluding diaryl/α,β-unsaturated/α-hetero) is 1. The molecule has 0 amide bonds. The van der Waals surface area contributed by atoms with Crippen LogP contribution in [0.25, 0.3) is 11.4 Å². The van der Waals surface area contributed by atoms with E-state index in [0.29, 0.717) is 29.3 Å². The minimum Gasteiger partial charge on any atom is -0.339 e. The molecule has 0 radical (unpaired) electrons. The van der Waals surface area contributed by atoms with Crippen LogP contribution in [0, 0.1) is 18.7 Å². The third-order valence-electron chi connectivity index (χ3n) is 2.88. The molecule has 4 nitrogen and oxygen atoms in total. The van der Waals surface area contributed by atoms with Crippen LogP contribution in [0.2, 0.25) is 0 Å². The van der Waals surface area contributed by atoms with E-state index in [1.165, 1.54) is 6.07 Å². The lowest BCUT2D eigenvalue weighted by Crippen LogP contribution is -2.06. The van der Waals surface area contributed by atoms with Gasteiger partial charge in [-0.1, -0.05) is 31.1 Å². The molecular weight excluding hydrogens is 259 g/mol. The smallest absolute Gasteiger partial charge is 0.234 e. The maximum Gasteiger partial charge on any atom is 0.234 e. The SMILES string of the molecule is Cc1ccc(-c2noc(CC(=O)CC(C)C)n2)cc1F. The summed E-state index contributed by atoms with van der Waals surface area (Å²) in [6.45, 7) is 5.64. The summed E-state index contributed by atoms with van der Waals surface area (Å²) >= 11 is 0. The van der Waals surface area contributed by atoms with Crippen molar-refractivity contribution in [1.29, 1.82) is 0 Å². The third kappa shape index (κ3) is 3.50. The molecule has 0 spiro atoms. The van der Waals surface area contributed by atoms with Gasteiger partial charge in [-0.25, -0.2) is 4.39 Å². The van der Waals surface area contributed by atoms with Crippen molar-refractivity contribution in [2.45, 2.75) is 33.6 Å². The molecular formula is C15H17FN2O2. The van der Waals surface area contributed by atoms with Crippen molar-refractivity contribution >= 4 is 5.78 Å². The second-order valence-electron chi connectivity index (χ2n) is 5.29. The van der Waals surface area contributed by atoms with E-state index < -0.39 is 0 Å². The van der Waals surface area contributed by atoms with Crippen LogP contribution in [0.15, 0.2) is 22.7 Å². The van der Waals surface area contributed by atoms with Crippen LogP contribution < -0.4 is 0 Å². The zero-order valence-electron chi connectivity index (χ0n) is 11.8. The summed E-state index contributed by atoms with van der Waals surface area (Å²) in [4.78, 5) is 15.8.